The van der Waals surface area contributed by atoms with Crippen LogP contribution in [0.15, 0.2) is 41.1 Å². The molecule has 0 spiro atoms. The Bertz CT molecular complexity index is 921. The fourth-order valence-corrected chi connectivity index (χ4v) is 2.90. The predicted octanol–water partition coefficient (Wildman–Crippen LogP) is 5.36. The summed E-state index contributed by atoms with van der Waals surface area (Å²) in [7, 11) is 1.83. The minimum Gasteiger partial charge on any atom is -0.475 e. The van der Waals surface area contributed by atoms with Gasteiger partial charge in [-0.2, -0.15) is 0 Å². The van der Waals surface area contributed by atoms with Gasteiger partial charge in [0.2, 0.25) is 5.88 Å². The van der Waals surface area contributed by atoms with E-state index < -0.39 is 12.1 Å². The first-order valence-electron chi connectivity index (χ1n) is 7.91. The molecule has 28 heavy (non-hydrogen) atoms. The normalized spacial score (nSPS) is 10.6. The minimum atomic E-state index is -2.76. The van der Waals surface area contributed by atoms with Crippen LogP contribution in [0, 0.1) is 0 Å². The summed E-state index contributed by atoms with van der Waals surface area (Å²) in [6.45, 7) is 0.560. The smallest absolute Gasteiger partial charge is 0.282 e. The number of hydrogen-bond donors (Lipinski definition) is 1. The first-order chi connectivity index (χ1) is 13.0. The Morgan fingerprint density at radius 2 is 1.96 bits per heavy atom. The largest absolute Gasteiger partial charge is 0.475 e. The number of aryl methyl sites for hydroxylation is 1. The van der Waals surface area contributed by atoms with Gasteiger partial charge in [-0.15, -0.1) is 5.10 Å². The summed E-state index contributed by atoms with van der Waals surface area (Å²) >= 11 is 9.28. The molecule has 0 aliphatic heterocycles. The molecule has 0 aliphatic rings. The van der Waals surface area contributed by atoms with Gasteiger partial charge in [0.15, 0.2) is 0 Å². The third kappa shape index (κ3) is 5.17. The molecule has 0 radical (unpaired) electrons. The topological polar surface area (TPSA) is 64.9 Å². The molecule has 0 aliphatic carbocycles. The van der Waals surface area contributed by atoms with Crippen LogP contribution in [0.2, 0.25) is 5.02 Å². The molecule has 0 bridgehead atoms. The van der Waals surface area contributed by atoms with E-state index in [0.29, 0.717) is 12.4 Å². The van der Waals surface area contributed by atoms with Gasteiger partial charge in [0.05, 0.1) is 12.2 Å². The number of nitrogens with one attached hydrogen (secondary N) is 1. The number of hydrogen-bond acceptors (Lipinski definition) is 5. The Hall–Kier alpha value is -2.26. The molecule has 0 unspecified atom stereocenters. The fourth-order valence-electron chi connectivity index (χ4n) is 2.39. The van der Waals surface area contributed by atoms with Crippen molar-refractivity contribution >= 4 is 33.3 Å². The summed E-state index contributed by atoms with van der Waals surface area (Å²) in [6.07, 6.45) is -1.72. The lowest BCUT2D eigenvalue weighted by molar-refractivity contribution is 0.146. The lowest BCUT2D eigenvalue weighted by Gasteiger charge is -2.09. The molecule has 1 aromatic carbocycles. The molecule has 3 rings (SSSR count). The Morgan fingerprint density at radius 3 is 2.64 bits per heavy atom. The summed E-state index contributed by atoms with van der Waals surface area (Å²) in [5, 5.41) is 6.98. The van der Waals surface area contributed by atoms with Crippen LogP contribution >= 0.6 is 27.5 Å². The monoisotopic (exact) mass is 473 g/mol. The van der Waals surface area contributed by atoms with E-state index in [1.165, 1.54) is 0 Å². The highest BCUT2D eigenvalue weighted by molar-refractivity contribution is 9.10. The maximum absolute atomic E-state index is 12.8. The van der Waals surface area contributed by atoms with Crippen molar-refractivity contribution in [2.24, 2.45) is 7.05 Å². The quantitative estimate of drug-likeness (QED) is 0.467. The zero-order chi connectivity index (χ0) is 19.4. The molecule has 1 N–H and O–H groups in total. The number of alkyl halides is 2. The molecule has 0 fully saturated rings. The number of anilines is 1. The number of halogens is 4. The van der Waals surface area contributed by atoms with E-state index in [1.54, 1.807) is 4.68 Å². The number of rotatable bonds is 7. The molecule has 150 valence electrons. The minimum absolute atomic E-state index is 0. The molecule has 10 heteroatoms. The number of benzene rings is 1. The maximum atomic E-state index is 12.8. The first kappa shape index (κ1) is 22.0. The molecule has 2 heterocycles. The van der Waals surface area contributed by atoms with Crippen molar-refractivity contribution < 1.29 is 13.5 Å². The molecule has 2 aromatic heterocycles. The van der Waals surface area contributed by atoms with Crippen LogP contribution in [-0.4, -0.2) is 32.9 Å². The van der Waals surface area contributed by atoms with E-state index in [1.807, 2.05) is 37.4 Å². The van der Waals surface area contributed by atoms with E-state index in [4.69, 9.17) is 16.3 Å². The van der Waals surface area contributed by atoms with Gasteiger partial charge in [-0.05, 0) is 17.7 Å². The highest BCUT2D eigenvalue weighted by Crippen LogP contribution is 2.29. The van der Waals surface area contributed by atoms with Crippen molar-refractivity contribution in [3.8, 4) is 17.1 Å². The highest BCUT2D eigenvalue weighted by atomic mass is 79.9. The Morgan fingerprint density at radius 1 is 1.25 bits per heavy atom. The van der Waals surface area contributed by atoms with Gasteiger partial charge in [-0.1, -0.05) is 47.1 Å². The van der Waals surface area contributed by atoms with Crippen molar-refractivity contribution in [3.63, 3.8) is 0 Å². The first-order valence-corrected chi connectivity index (χ1v) is 9.08. The highest BCUT2D eigenvalue weighted by Gasteiger charge is 2.17. The van der Waals surface area contributed by atoms with Gasteiger partial charge in [0, 0.05) is 17.6 Å². The van der Waals surface area contributed by atoms with Crippen LogP contribution < -0.4 is 10.1 Å². The molecule has 3 aromatic rings. The molecule has 0 saturated carbocycles. The van der Waals surface area contributed by atoms with E-state index in [0.717, 1.165) is 22.1 Å². The zero-order valence-electron chi connectivity index (χ0n) is 14.2. The summed E-state index contributed by atoms with van der Waals surface area (Å²) < 4.78 is 33.9. The molecule has 0 amide bonds. The Balaban J connectivity index is 0.00000280. The SMILES string of the molecule is C.Cn1nc(OCCNc2ncnc(C(F)F)c2Cl)cc1-c1ccc(Br)cc1. The fraction of sp³-hybridized carbons (Fsp3) is 0.278. The van der Waals surface area contributed by atoms with Gasteiger partial charge in [0.25, 0.3) is 6.43 Å². The molecule has 6 nitrogen and oxygen atoms in total. The van der Waals surface area contributed by atoms with E-state index in [9.17, 15) is 8.78 Å². The third-order valence-electron chi connectivity index (χ3n) is 3.66. The van der Waals surface area contributed by atoms with Crippen molar-refractivity contribution in [2.45, 2.75) is 13.9 Å². The zero-order valence-corrected chi connectivity index (χ0v) is 16.5. The lowest BCUT2D eigenvalue weighted by Crippen LogP contribution is -2.13. The predicted molar refractivity (Wildman–Crippen MR) is 109 cm³/mol. The van der Waals surface area contributed by atoms with Gasteiger partial charge in [-0.25, -0.2) is 18.7 Å². The van der Waals surface area contributed by atoms with E-state index in [2.05, 4.69) is 36.3 Å². The Kier molecular flexibility index (Phi) is 7.70. The van der Waals surface area contributed by atoms with Crippen LogP contribution in [0.1, 0.15) is 19.5 Å². The van der Waals surface area contributed by atoms with Gasteiger partial charge >= 0.3 is 0 Å². The van der Waals surface area contributed by atoms with Crippen molar-refractivity contribution in [1.29, 1.82) is 0 Å². The number of ether oxygens (including phenoxy) is 1. The Labute approximate surface area is 175 Å². The average molecular weight is 475 g/mol. The number of aromatic nitrogens is 4. The standard InChI is InChI=1S/C17H15BrClF2N5O.CH4/c1-26-12(10-2-4-11(18)5-3-10)8-13(25-26)27-7-6-22-17-14(19)15(16(20)21)23-9-24-17;/h2-5,8-9,16H,6-7H2,1H3,(H,22,23,24);1H4. The lowest BCUT2D eigenvalue weighted by atomic mass is 10.1. The van der Waals surface area contributed by atoms with E-state index >= 15 is 0 Å². The second-order valence-corrected chi connectivity index (χ2v) is 6.79. The van der Waals surface area contributed by atoms with Gasteiger partial charge in [0.1, 0.15) is 29.5 Å². The average Bonchev–Trinajstić information content (AvgIpc) is 3.01. The van der Waals surface area contributed by atoms with Crippen LogP contribution in [0.25, 0.3) is 11.3 Å². The maximum Gasteiger partial charge on any atom is 0.282 e. The van der Waals surface area contributed by atoms with Gasteiger partial charge in [-0.3, -0.25) is 4.68 Å². The van der Waals surface area contributed by atoms with Crippen molar-refractivity contribution in [2.75, 3.05) is 18.5 Å². The summed E-state index contributed by atoms with van der Waals surface area (Å²) in [5.41, 5.74) is 1.42. The second kappa shape index (κ2) is 9.79. The van der Waals surface area contributed by atoms with Crippen LogP contribution in [0.5, 0.6) is 5.88 Å². The third-order valence-corrected chi connectivity index (χ3v) is 4.57. The number of nitrogens with zero attached hydrogens (tertiary/aromatic N) is 4. The van der Waals surface area contributed by atoms with Crippen molar-refractivity contribution in [3.05, 3.63) is 51.8 Å². The van der Waals surface area contributed by atoms with Crippen LogP contribution in [0.4, 0.5) is 14.6 Å². The molecule has 0 saturated heterocycles. The van der Waals surface area contributed by atoms with E-state index in [-0.39, 0.29) is 24.9 Å². The van der Waals surface area contributed by atoms with Crippen molar-refractivity contribution in [1.82, 2.24) is 19.7 Å². The molecular formula is C18H19BrClF2N5O. The summed E-state index contributed by atoms with van der Waals surface area (Å²) in [4.78, 5) is 7.35. The summed E-state index contributed by atoms with van der Waals surface area (Å²) in [6, 6.07) is 9.68. The molecular weight excluding hydrogens is 456 g/mol. The van der Waals surface area contributed by atoms with Gasteiger partial charge < -0.3 is 10.1 Å². The van der Waals surface area contributed by atoms with Crippen LogP contribution in [-0.2, 0) is 7.05 Å². The summed E-state index contributed by atoms with van der Waals surface area (Å²) in [5.74, 6) is 0.599. The second-order valence-electron chi connectivity index (χ2n) is 5.50. The molecule has 0 atom stereocenters. The van der Waals surface area contributed by atoms with Crippen LogP contribution in [0.3, 0.4) is 0 Å².